The number of aromatic nitrogens is 1. The summed E-state index contributed by atoms with van der Waals surface area (Å²) >= 11 is 0. The lowest BCUT2D eigenvalue weighted by atomic mass is 10.0. The Balaban J connectivity index is 0.000001000. The quantitative estimate of drug-likeness (QED) is 0.731. The van der Waals surface area contributed by atoms with Crippen LogP contribution in [0.3, 0.4) is 0 Å². The summed E-state index contributed by atoms with van der Waals surface area (Å²) in [5, 5.41) is 2.26. The fourth-order valence-electron chi connectivity index (χ4n) is 2.43. The lowest BCUT2D eigenvalue weighted by Gasteiger charge is -2.23. The summed E-state index contributed by atoms with van der Waals surface area (Å²) in [4.78, 5) is 6.43. The van der Waals surface area contributed by atoms with Gasteiger partial charge in [0.05, 0.1) is 11.4 Å². The van der Waals surface area contributed by atoms with E-state index in [2.05, 4.69) is 4.98 Å². The third-order valence-electron chi connectivity index (χ3n) is 3.20. The van der Waals surface area contributed by atoms with Crippen LogP contribution in [0.1, 0.15) is 5.69 Å². The molecule has 0 spiro atoms. The average molecular weight is 263 g/mol. The number of nitrogens with zero attached hydrogens (tertiary/aromatic N) is 2. The van der Waals surface area contributed by atoms with Crippen LogP contribution < -0.4 is 14.4 Å². The monoisotopic (exact) mass is 262 g/mol. The van der Waals surface area contributed by atoms with Crippen molar-refractivity contribution in [2.75, 3.05) is 18.7 Å². The van der Waals surface area contributed by atoms with E-state index >= 15 is 0 Å². The molecular formula is C13H11ClN2O2. The third kappa shape index (κ3) is 1.29. The molecule has 3 heterocycles. The molecule has 0 radical (unpaired) electrons. The van der Waals surface area contributed by atoms with Gasteiger partial charge in [0.15, 0.2) is 11.5 Å². The molecule has 2 aliphatic rings. The van der Waals surface area contributed by atoms with Crippen LogP contribution in [0, 0.1) is 0 Å². The molecule has 0 N–H and O–H groups in total. The second kappa shape index (κ2) is 3.78. The van der Waals surface area contributed by atoms with Gasteiger partial charge in [-0.2, -0.15) is 0 Å². The Morgan fingerprint density at radius 3 is 3.11 bits per heavy atom. The Kier molecular flexibility index (Phi) is 2.35. The van der Waals surface area contributed by atoms with Gasteiger partial charge in [-0.15, -0.1) is 12.4 Å². The first kappa shape index (κ1) is 11.2. The predicted molar refractivity (Wildman–Crippen MR) is 72.6 cm³/mol. The van der Waals surface area contributed by atoms with Gasteiger partial charge < -0.3 is 14.4 Å². The summed E-state index contributed by atoms with van der Waals surface area (Å²) in [5.41, 5.74) is 2.02. The molecule has 92 valence electrons. The van der Waals surface area contributed by atoms with E-state index in [9.17, 15) is 0 Å². The van der Waals surface area contributed by atoms with Gasteiger partial charge >= 0.3 is 0 Å². The maximum Gasteiger partial charge on any atom is 0.231 e. The molecular weight excluding hydrogens is 252 g/mol. The molecule has 0 amide bonds. The van der Waals surface area contributed by atoms with Crippen LogP contribution >= 0.6 is 12.4 Å². The lowest BCUT2D eigenvalue weighted by Crippen LogP contribution is -2.12. The molecule has 1 aromatic carbocycles. The van der Waals surface area contributed by atoms with Gasteiger partial charge in [-0.3, -0.25) is 4.98 Å². The smallest absolute Gasteiger partial charge is 0.231 e. The average Bonchev–Trinajstić information content (AvgIpc) is 2.80. The minimum atomic E-state index is 0. The third-order valence-corrected chi connectivity index (χ3v) is 3.20. The van der Waals surface area contributed by atoms with Gasteiger partial charge in [-0.25, -0.2) is 0 Å². The van der Waals surface area contributed by atoms with Gasteiger partial charge in [0.1, 0.15) is 0 Å². The van der Waals surface area contributed by atoms with Gasteiger partial charge in [0.25, 0.3) is 0 Å². The molecule has 0 saturated carbocycles. The van der Waals surface area contributed by atoms with E-state index in [0.29, 0.717) is 6.79 Å². The summed E-state index contributed by atoms with van der Waals surface area (Å²) in [5.74, 6) is 1.63. The van der Waals surface area contributed by atoms with Crippen molar-refractivity contribution in [2.45, 2.75) is 0 Å². The minimum absolute atomic E-state index is 0. The number of halogens is 1. The fourth-order valence-corrected chi connectivity index (χ4v) is 2.43. The SMILES string of the molecule is CN1C=Cc2nccc3cc4c(c1c23)OCO4.Cl. The molecule has 0 bridgehead atoms. The molecule has 5 heteroatoms. The number of anilines is 1. The Morgan fingerprint density at radius 1 is 1.33 bits per heavy atom. The Bertz CT molecular complexity index is 670. The highest BCUT2D eigenvalue weighted by atomic mass is 35.5. The van der Waals surface area contributed by atoms with Crippen LogP contribution in [0.2, 0.25) is 0 Å². The van der Waals surface area contributed by atoms with Crippen molar-refractivity contribution in [3.8, 4) is 11.5 Å². The molecule has 18 heavy (non-hydrogen) atoms. The number of pyridine rings is 1. The largest absolute Gasteiger partial charge is 0.453 e. The Hall–Kier alpha value is -1.94. The van der Waals surface area contributed by atoms with Crippen LogP contribution in [-0.2, 0) is 0 Å². The van der Waals surface area contributed by atoms with E-state index in [1.165, 1.54) is 0 Å². The van der Waals surface area contributed by atoms with Crippen molar-refractivity contribution in [1.82, 2.24) is 4.98 Å². The first-order chi connectivity index (χ1) is 8.34. The highest BCUT2D eigenvalue weighted by Gasteiger charge is 2.25. The summed E-state index contributed by atoms with van der Waals surface area (Å²) in [6.07, 6.45) is 5.82. The standard InChI is InChI=1S/C13H10N2O2.ClH/c1-15-5-3-9-11-8(2-4-14-9)6-10-13(12(11)15)17-7-16-10;/h2-6H,7H2,1H3;1H. The summed E-state index contributed by atoms with van der Waals surface area (Å²) < 4.78 is 11.0. The van der Waals surface area contributed by atoms with Crippen molar-refractivity contribution in [3.63, 3.8) is 0 Å². The van der Waals surface area contributed by atoms with Crippen LogP contribution in [-0.4, -0.2) is 18.8 Å². The molecule has 0 saturated heterocycles. The normalized spacial score (nSPS) is 14.8. The van der Waals surface area contributed by atoms with Crippen LogP contribution in [0.5, 0.6) is 11.5 Å². The summed E-state index contributed by atoms with van der Waals surface area (Å²) in [6.45, 7) is 0.291. The van der Waals surface area contributed by atoms with Crippen LogP contribution in [0.4, 0.5) is 5.69 Å². The Morgan fingerprint density at radius 2 is 2.22 bits per heavy atom. The van der Waals surface area contributed by atoms with Crippen molar-refractivity contribution < 1.29 is 9.47 Å². The molecule has 4 rings (SSSR count). The molecule has 0 atom stereocenters. The maximum atomic E-state index is 5.56. The van der Waals surface area contributed by atoms with Crippen molar-refractivity contribution >= 4 is 34.9 Å². The van der Waals surface area contributed by atoms with Gasteiger partial charge in [0, 0.05) is 24.8 Å². The van der Waals surface area contributed by atoms with Crippen molar-refractivity contribution in [2.24, 2.45) is 0 Å². The zero-order chi connectivity index (χ0) is 11.4. The van der Waals surface area contributed by atoms with E-state index in [-0.39, 0.29) is 12.4 Å². The van der Waals surface area contributed by atoms with Crippen molar-refractivity contribution in [1.29, 1.82) is 0 Å². The second-order valence-electron chi connectivity index (χ2n) is 4.18. The van der Waals surface area contributed by atoms with Crippen LogP contribution in [0.15, 0.2) is 24.5 Å². The van der Waals surface area contributed by atoms with E-state index in [0.717, 1.165) is 33.7 Å². The molecule has 1 aromatic heterocycles. The van der Waals surface area contributed by atoms with E-state index in [1.54, 1.807) is 0 Å². The molecule has 0 fully saturated rings. The molecule has 0 unspecified atom stereocenters. The first-order valence-corrected chi connectivity index (χ1v) is 5.47. The lowest BCUT2D eigenvalue weighted by molar-refractivity contribution is 0.174. The summed E-state index contributed by atoms with van der Waals surface area (Å²) in [6, 6.07) is 4.01. The Labute approximate surface area is 110 Å². The molecule has 0 aliphatic carbocycles. The van der Waals surface area contributed by atoms with Crippen LogP contribution in [0.25, 0.3) is 16.8 Å². The highest BCUT2D eigenvalue weighted by molar-refractivity contribution is 6.05. The molecule has 2 aromatic rings. The number of rotatable bonds is 0. The van der Waals surface area contributed by atoms with Gasteiger partial charge in [-0.1, -0.05) is 0 Å². The van der Waals surface area contributed by atoms with E-state index in [1.807, 2.05) is 42.6 Å². The number of fused-ring (bicyclic) bond motifs is 2. The maximum absolute atomic E-state index is 5.56. The number of ether oxygens (including phenoxy) is 2. The fraction of sp³-hybridized carbons (Fsp3) is 0.154. The summed E-state index contributed by atoms with van der Waals surface area (Å²) in [7, 11) is 2.00. The van der Waals surface area contributed by atoms with E-state index in [4.69, 9.17) is 9.47 Å². The topological polar surface area (TPSA) is 34.6 Å². The highest BCUT2D eigenvalue weighted by Crippen LogP contribution is 2.48. The molecule has 2 aliphatic heterocycles. The number of benzene rings is 1. The van der Waals surface area contributed by atoms with Gasteiger partial charge in [-0.05, 0) is 23.6 Å². The zero-order valence-electron chi connectivity index (χ0n) is 9.71. The zero-order valence-corrected chi connectivity index (χ0v) is 10.5. The van der Waals surface area contributed by atoms with Crippen molar-refractivity contribution in [3.05, 3.63) is 30.2 Å². The number of hydrogen-bond acceptors (Lipinski definition) is 4. The predicted octanol–water partition coefficient (Wildman–Crippen LogP) is 2.81. The first-order valence-electron chi connectivity index (χ1n) is 5.47. The van der Waals surface area contributed by atoms with E-state index < -0.39 is 0 Å². The molecule has 4 nitrogen and oxygen atoms in total. The minimum Gasteiger partial charge on any atom is -0.453 e. The van der Waals surface area contributed by atoms with Gasteiger partial charge in [0.2, 0.25) is 6.79 Å². The number of hydrogen-bond donors (Lipinski definition) is 0. The second-order valence-corrected chi connectivity index (χ2v) is 4.18.